The van der Waals surface area contributed by atoms with E-state index in [1.54, 1.807) is 0 Å². The van der Waals surface area contributed by atoms with Crippen molar-refractivity contribution in [2.45, 2.75) is 187 Å². The summed E-state index contributed by atoms with van der Waals surface area (Å²) in [7, 11) is 0. The number of alkyl carbamates (subject to hydrolysis) is 1. The lowest BCUT2D eigenvalue weighted by Gasteiger charge is -2.19. The van der Waals surface area contributed by atoms with E-state index in [2.05, 4.69) is 19.2 Å². The molecule has 1 amide bonds. The molecule has 0 aliphatic heterocycles. The summed E-state index contributed by atoms with van der Waals surface area (Å²) in [5.74, 6) is -0.932. The summed E-state index contributed by atoms with van der Waals surface area (Å²) >= 11 is 0. The summed E-state index contributed by atoms with van der Waals surface area (Å²) in [6.45, 7) is 8.35. The van der Waals surface area contributed by atoms with E-state index in [4.69, 9.17) is 29.4 Å². The molecule has 2 atom stereocenters. The maximum atomic E-state index is 12.8. The Labute approximate surface area is 312 Å². The number of nitrogens with one attached hydrogen (secondary N) is 1. The molecule has 3 N–H and O–H groups in total. The Morgan fingerprint density at radius 3 is 1.53 bits per heavy atom. The van der Waals surface area contributed by atoms with Crippen LogP contribution in [0.5, 0.6) is 0 Å². The highest BCUT2D eigenvalue weighted by Crippen LogP contribution is 2.16. The van der Waals surface area contributed by atoms with Crippen LogP contribution in [0.2, 0.25) is 0 Å². The van der Waals surface area contributed by atoms with Gasteiger partial charge in [0.2, 0.25) is 0 Å². The molecule has 0 aliphatic carbocycles. The molecule has 51 heavy (non-hydrogen) atoms. The molecule has 0 aromatic carbocycles. The maximum absolute atomic E-state index is 12.8. The van der Waals surface area contributed by atoms with E-state index in [0.717, 1.165) is 38.5 Å². The van der Waals surface area contributed by atoms with E-state index >= 15 is 0 Å². The van der Waals surface area contributed by atoms with Crippen LogP contribution in [0.15, 0.2) is 0 Å². The molecule has 10 heteroatoms. The van der Waals surface area contributed by atoms with Crippen molar-refractivity contribution < 1.29 is 38.1 Å². The first-order chi connectivity index (χ1) is 24.9. The van der Waals surface area contributed by atoms with Crippen LogP contribution in [0.1, 0.15) is 181 Å². The van der Waals surface area contributed by atoms with Crippen molar-refractivity contribution in [3.8, 4) is 0 Å². The Bertz CT molecular complexity index is 785. The van der Waals surface area contributed by atoms with Crippen molar-refractivity contribution in [3.63, 3.8) is 0 Å². The zero-order valence-electron chi connectivity index (χ0n) is 33.3. The molecule has 0 aliphatic rings. The van der Waals surface area contributed by atoms with E-state index in [1.165, 1.54) is 116 Å². The molecule has 0 aromatic rings. The number of hydrogen-bond acceptors (Lipinski definition) is 9. The fourth-order valence-corrected chi connectivity index (χ4v) is 5.87. The molecule has 0 heterocycles. The lowest BCUT2D eigenvalue weighted by atomic mass is 10.0. The van der Waals surface area contributed by atoms with Crippen LogP contribution in [0.3, 0.4) is 0 Å². The van der Waals surface area contributed by atoms with Crippen LogP contribution < -0.4 is 11.1 Å². The number of rotatable bonds is 39. The summed E-state index contributed by atoms with van der Waals surface area (Å²) < 4.78 is 27.1. The van der Waals surface area contributed by atoms with Crippen LogP contribution in [0.25, 0.3) is 0 Å². The predicted molar refractivity (Wildman–Crippen MR) is 207 cm³/mol. The van der Waals surface area contributed by atoms with Gasteiger partial charge in [0.25, 0.3) is 0 Å². The summed E-state index contributed by atoms with van der Waals surface area (Å²) in [4.78, 5) is 37.7. The van der Waals surface area contributed by atoms with Gasteiger partial charge in [0.1, 0.15) is 13.2 Å². The van der Waals surface area contributed by atoms with Gasteiger partial charge in [-0.25, -0.2) is 4.79 Å². The second kappa shape index (κ2) is 39.3. The first-order valence-electron chi connectivity index (χ1n) is 21.1. The van der Waals surface area contributed by atoms with Crippen molar-refractivity contribution in [1.29, 1.82) is 0 Å². The third kappa shape index (κ3) is 36.2. The van der Waals surface area contributed by atoms with Crippen LogP contribution in [-0.2, 0) is 33.3 Å². The highest BCUT2D eigenvalue weighted by atomic mass is 16.6. The van der Waals surface area contributed by atoms with E-state index < -0.39 is 12.2 Å². The molecular formula is C41H80N2O8. The van der Waals surface area contributed by atoms with Gasteiger partial charge in [-0.05, 0) is 12.8 Å². The molecule has 0 bridgehead atoms. The molecule has 10 nitrogen and oxygen atoms in total. The Morgan fingerprint density at radius 2 is 1.02 bits per heavy atom. The van der Waals surface area contributed by atoms with Crippen molar-refractivity contribution in [2.75, 3.05) is 52.7 Å². The molecule has 302 valence electrons. The van der Waals surface area contributed by atoms with Gasteiger partial charge < -0.3 is 34.7 Å². The fraction of sp³-hybridized carbons (Fsp3) is 0.927. The monoisotopic (exact) mass is 729 g/mol. The number of amides is 1. The van der Waals surface area contributed by atoms with Crippen molar-refractivity contribution in [2.24, 2.45) is 11.7 Å². The van der Waals surface area contributed by atoms with Crippen LogP contribution >= 0.6 is 0 Å². The first kappa shape index (κ1) is 49.1. The Hall–Kier alpha value is -1.91. The van der Waals surface area contributed by atoms with Gasteiger partial charge in [-0.2, -0.15) is 0 Å². The Morgan fingerprint density at radius 1 is 0.569 bits per heavy atom. The van der Waals surface area contributed by atoms with E-state index in [9.17, 15) is 14.4 Å². The molecule has 0 aromatic heterocycles. The predicted octanol–water partition coefficient (Wildman–Crippen LogP) is 9.59. The number of hydrogen-bond donors (Lipinski definition) is 2. The van der Waals surface area contributed by atoms with Gasteiger partial charge in [-0.3, -0.25) is 9.59 Å². The lowest BCUT2D eigenvalue weighted by Crippen LogP contribution is -2.35. The van der Waals surface area contributed by atoms with Gasteiger partial charge in [-0.1, -0.05) is 162 Å². The number of unbranched alkanes of at least 4 members (excludes halogenated alkanes) is 21. The second-order valence-corrected chi connectivity index (χ2v) is 14.1. The largest absolute Gasteiger partial charge is 0.461 e. The summed E-state index contributed by atoms with van der Waals surface area (Å²) in [6, 6.07) is 0. The van der Waals surface area contributed by atoms with Crippen LogP contribution in [0, 0.1) is 5.92 Å². The van der Waals surface area contributed by atoms with Gasteiger partial charge in [0, 0.05) is 19.5 Å². The average Bonchev–Trinajstić information content (AvgIpc) is 3.12. The number of carbonyl (C=O) groups is 3. The van der Waals surface area contributed by atoms with E-state index in [-0.39, 0.29) is 44.0 Å². The summed E-state index contributed by atoms with van der Waals surface area (Å²) in [5, 5.41) is 2.61. The van der Waals surface area contributed by atoms with Crippen LogP contribution in [-0.4, -0.2) is 76.9 Å². The van der Waals surface area contributed by atoms with E-state index in [1.807, 2.05) is 6.92 Å². The molecule has 0 radical (unpaired) electrons. The Kier molecular flexibility index (Phi) is 37.8. The number of nitrogens with two attached hydrogens (primary N) is 1. The number of esters is 2. The van der Waals surface area contributed by atoms with Crippen LogP contribution in [0.4, 0.5) is 4.79 Å². The third-order valence-corrected chi connectivity index (χ3v) is 9.14. The number of ether oxygens (including phenoxy) is 5. The van der Waals surface area contributed by atoms with Crippen molar-refractivity contribution in [1.82, 2.24) is 5.32 Å². The van der Waals surface area contributed by atoms with Gasteiger partial charge >= 0.3 is 18.0 Å². The fourth-order valence-electron chi connectivity index (χ4n) is 5.87. The number of carbonyl (C=O) groups excluding carboxylic acids is 3. The van der Waals surface area contributed by atoms with Gasteiger partial charge in [-0.15, -0.1) is 0 Å². The highest BCUT2D eigenvalue weighted by molar-refractivity contribution is 5.72. The summed E-state index contributed by atoms with van der Waals surface area (Å²) in [5.41, 5.74) is 5.38. The zero-order valence-corrected chi connectivity index (χ0v) is 33.3. The molecular weight excluding hydrogens is 648 g/mol. The second-order valence-electron chi connectivity index (χ2n) is 14.1. The van der Waals surface area contributed by atoms with Crippen molar-refractivity contribution in [3.05, 3.63) is 0 Å². The van der Waals surface area contributed by atoms with Crippen molar-refractivity contribution >= 4 is 18.0 Å². The van der Waals surface area contributed by atoms with Gasteiger partial charge in [0.15, 0.2) is 6.10 Å². The normalized spacial score (nSPS) is 12.4. The molecule has 0 saturated heterocycles. The third-order valence-electron chi connectivity index (χ3n) is 9.14. The lowest BCUT2D eigenvalue weighted by molar-refractivity contribution is -0.163. The topological polar surface area (TPSA) is 135 Å². The summed E-state index contributed by atoms with van der Waals surface area (Å²) in [6.07, 6.45) is 27.9. The SMILES string of the molecule is CCCCCCCCCCCCCCC(=O)OC(COC(=O)NCCOCCOCCN)COC(=O)C(C)CCCCCCCCCCCCC. The molecule has 2 unspecified atom stereocenters. The maximum Gasteiger partial charge on any atom is 0.407 e. The van der Waals surface area contributed by atoms with E-state index in [0.29, 0.717) is 33.0 Å². The zero-order chi connectivity index (χ0) is 37.5. The molecule has 0 spiro atoms. The molecule has 0 rings (SSSR count). The standard InChI is InChI=1S/C41H80N2O8/c1-4-6-8-10-12-14-16-18-20-22-24-26-28-39(44)51-38(36-50-41(46)43-30-32-48-34-33-47-31-29-42)35-49-40(45)37(3)27-25-23-21-19-17-15-13-11-9-7-5-2/h37-38H,4-36,42H2,1-3H3,(H,43,46). The minimum atomic E-state index is -0.866. The van der Waals surface area contributed by atoms with Gasteiger partial charge in [0.05, 0.1) is 32.3 Å². The molecule has 0 fully saturated rings. The minimum Gasteiger partial charge on any atom is -0.461 e. The smallest absolute Gasteiger partial charge is 0.407 e. The minimum absolute atomic E-state index is 0.148. The quantitative estimate of drug-likeness (QED) is 0.0360. The first-order valence-corrected chi connectivity index (χ1v) is 21.1. The highest BCUT2D eigenvalue weighted by Gasteiger charge is 2.21. The Balaban J connectivity index is 4.43. The average molecular weight is 729 g/mol. The molecule has 0 saturated carbocycles.